The number of fused-ring (bicyclic) bond motifs is 1. The van der Waals surface area contributed by atoms with Gasteiger partial charge in [-0.15, -0.1) is 0 Å². The lowest BCUT2D eigenvalue weighted by molar-refractivity contribution is 0.154. The van der Waals surface area contributed by atoms with E-state index in [0.29, 0.717) is 0 Å². The number of aliphatic imine (C=N–C) groups is 1. The molecule has 3 aliphatic rings. The molecule has 4 heterocycles. The number of hydrogen-bond donors (Lipinski definition) is 2. The summed E-state index contributed by atoms with van der Waals surface area (Å²) in [6.07, 6.45) is 6.94. The molecule has 1 atom stereocenters. The van der Waals surface area contributed by atoms with Crippen molar-refractivity contribution in [3.8, 4) is 5.75 Å². The quantitative estimate of drug-likeness (QED) is 0.690. The molecule has 8 heteroatoms. The second-order valence-corrected chi connectivity index (χ2v) is 9.28. The van der Waals surface area contributed by atoms with Gasteiger partial charge in [-0.25, -0.2) is 9.98 Å². The number of likely N-dealkylation sites (tertiary alicyclic amines) is 2. The van der Waals surface area contributed by atoms with Gasteiger partial charge in [-0.3, -0.25) is 4.90 Å². The molecule has 3 aliphatic heterocycles. The van der Waals surface area contributed by atoms with Crippen molar-refractivity contribution in [2.45, 2.75) is 43.4 Å². The Labute approximate surface area is 182 Å². The summed E-state index contributed by atoms with van der Waals surface area (Å²) in [6.45, 7) is 6.71. The highest BCUT2D eigenvalue weighted by molar-refractivity contribution is 7.99. The zero-order valence-corrected chi connectivity index (χ0v) is 18.6. The van der Waals surface area contributed by atoms with Crippen LogP contribution in [0.4, 0.5) is 0 Å². The molecule has 0 amide bonds. The maximum atomic E-state index is 5.34. The summed E-state index contributed by atoms with van der Waals surface area (Å²) in [4.78, 5) is 18.1. The second kappa shape index (κ2) is 8.15. The third kappa shape index (κ3) is 3.46. The summed E-state index contributed by atoms with van der Waals surface area (Å²) in [5.74, 6) is 2.87. The van der Waals surface area contributed by atoms with Crippen LogP contribution in [0.15, 0.2) is 39.7 Å². The van der Waals surface area contributed by atoms with Gasteiger partial charge in [0.1, 0.15) is 17.2 Å². The molecule has 1 unspecified atom stereocenters. The fourth-order valence-corrected chi connectivity index (χ4v) is 6.01. The van der Waals surface area contributed by atoms with Crippen molar-refractivity contribution < 1.29 is 4.74 Å². The Hall–Kier alpha value is -2.19. The van der Waals surface area contributed by atoms with Crippen LogP contribution in [0.3, 0.4) is 0 Å². The minimum atomic E-state index is -0.225. The first-order valence-corrected chi connectivity index (χ1v) is 11.9. The molecule has 30 heavy (non-hydrogen) atoms. The number of ether oxygens (including phenoxy) is 1. The van der Waals surface area contributed by atoms with E-state index in [0.717, 1.165) is 59.7 Å². The number of thioether (sulfide) groups is 1. The Kier molecular flexibility index (Phi) is 5.37. The zero-order valence-electron chi connectivity index (χ0n) is 17.8. The standard InChI is InChI=1S/C22H30N6OS/c1-16-20(27-9-3-4-10-27)23-15-24-22(16,28-11-5-6-12-28)14-30-21-25-18-8-7-17(29-2)13-19(18)26-21/h7-8,13,15H,3-6,9-12,14H2,1-2H3,(H,23,24)(H,25,26). The summed E-state index contributed by atoms with van der Waals surface area (Å²) >= 11 is 1.77. The molecule has 160 valence electrons. The number of aromatic nitrogens is 2. The maximum Gasteiger partial charge on any atom is 0.166 e. The summed E-state index contributed by atoms with van der Waals surface area (Å²) in [5, 5.41) is 4.61. The van der Waals surface area contributed by atoms with Crippen molar-refractivity contribution in [3.63, 3.8) is 0 Å². The first-order valence-electron chi connectivity index (χ1n) is 10.9. The molecule has 7 nitrogen and oxygen atoms in total. The molecule has 1 aromatic carbocycles. The SMILES string of the molecule is COc1ccc2[nH]c(SCC3(N4CCCC4)NC=NC(N4CCCC4)=C3C)nc2c1. The van der Waals surface area contributed by atoms with Crippen LogP contribution in [0.2, 0.25) is 0 Å². The van der Waals surface area contributed by atoms with E-state index in [1.54, 1.807) is 18.9 Å². The minimum absolute atomic E-state index is 0.225. The van der Waals surface area contributed by atoms with Crippen molar-refractivity contribution in [1.29, 1.82) is 0 Å². The van der Waals surface area contributed by atoms with Crippen LogP contribution >= 0.6 is 11.8 Å². The van der Waals surface area contributed by atoms with Crippen LogP contribution in [0.5, 0.6) is 5.75 Å². The third-order valence-electron chi connectivity index (χ3n) is 6.58. The number of methoxy groups -OCH3 is 1. The van der Waals surface area contributed by atoms with Crippen LogP contribution in [0.25, 0.3) is 11.0 Å². The smallest absolute Gasteiger partial charge is 0.166 e. The van der Waals surface area contributed by atoms with Gasteiger partial charge in [0.15, 0.2) is 5.16 Å². The highest BCUT2D eigenvalue weighted by Gasteiger charge is 2.43. The Morgan fingerprint density at radius 1 is 1.13 bits per heavy atom. The third-order valence-corrected chi connectivity index (χ3v) is 7.61. The number of H-pyrrole nitrogens is 1. The Morgan fingerprint density at radius 2 is 1.90 bits per heavy atom. The number of nitrogens with zero attached hydrogens (tertiary/aromatic N) is 4. The average Bonchev–Trinajstić information content (AvgIpc) is 3.54. The Morgan fingerprint density at radius 3 is 2.67 bits per heavy atom. The molecule has 0 radical (unpaired) electrons. The fourth-order valence-electron chi connectivity index (χ4n) is 4.84. The van der Waals surface area contributed by atoms with E-state index in [4.69, 9.17) is 14.7 Å². The predicted octanol–water partition coefficient (Wildman–Crippen LogP) is 3.41. The van der Waals surface area contributed by atoms with Gasteiger partial charge >= 0.3 is 0 Å². The van der Waals surface area contributed by atoms with Gasteiger partial charge in [-0.05, 0) is 44.7 Å². The number of benzene rings is 1. The van der Waals surface area contributed by atoms with Crippen molar-refractivity contribution in [3.05, 3.63) is 29.6 Å². The largest absolute Gasteiger partial charge is 0.497 e. The normalized spacial score (nSPS) is 24.8. The molecule has 1 aromatic heterocycles. The van der Waals surface area contributed by atoms with Crippen LogP contribution < -0.4 is 10.1 Å². The lowest BCUT2D eigenvalue weighted by Crippen LogP contribution is -2.62. The fraction of sp³-hybridized carbons (Fsp3) is 0.545. The molecule has 5 rings (SSSR count). The van der Waals surface area contributed by atoms with Gasteiger partial charge in [-0.2, -0.15) is 0 Å². The molecule has 2 saturated heterocycles. The second-order valence-electron chi connectivity index (χ2n) is 8.31. The van der Waals surface area contributed by atoms with Gasteiger partial charge in [0.25, 0.3) is 0 Å². The van der Waals surface area contributed by atoms with Crippen LogP contribution in [0, 0.1) is 0 Å². The van der Waals surface area contributed by atoms with Crippen LogP contribution in [0.1, 0.15) is 32.6 Å². The van der Waals surface area contributed by atoms with Crippen molar-refractivity contribution in [2.75, 3.05) is 39.0 Å². The van der Waals surface area contributed by atoms with Gasteiger partial charge in [0.05, 0.1) is 24.5 Å². The summed E-state index contributed by atoms with van der Waals surface area (Å²) in [6, 6.07) is 5.98. The van der Waals surface area contributed by atoms with Crippen molar-refractivity contribution in [2.24, 2.45) is 4.99 Å². The highest BCUT2D eigenvalue weighted by atomic mass is 32.2. The monoisotopic (exact) mass is 426 g/mol. The molecule has 2 fully saturated rings. The minimum Gasteiger partial charge on any atom is -0.497 e. The van der Waals surface area contributed by atoms with E-state index in [9.17, 15) is 0 Å². The Bertz CT molecular complexity index is 973. The van der Waals surface area contributed by atoms with E-state index in [2.05, 4.69) is 27.0 Å². The lowest BCUT2D eigenvalue weighted by Gasteiger charge is -2.45. The Balaban J connectivity index is 1.44. The van der Waals surface area contributed by atoms with Crippen molar-refractivity contribution in [1.82, 2.24) is 25.1 Å². The molecule has 0 aliphatic carbocycles. The molecular formula is C22H30N6OS. The van der Waals surface area contributed by atoms with Gasteiger partial charge in [-0.1, -0.05) is 11.8 Å². The summed E-state index contributed by atoms with van der Waals surface area (Å²) in [7, 11) is 1.69. The van der Waals surface area contributed by atoms with Crippen molar-refractivity contribution >= 4 is 29.1 Å². The van der Waals surface area contributed by atoms with E-state index in [1.807, 2.05) is 24.5 Å². The van der Waals surface area contributed by atoms with Crippen LogP contribution in [-0.2, 0) is 0 Å². The lowest BCUT2D eigenvalue weighted by atomic mass is 9.99. The number of hydrogen-bond acceptors (Lipinski definition) is 7. The number of imidazole rings is 1. The maximum absolute atomic E-state index is 5.34. The summed E-state index contributed by atoms with van der Waals surface area (Å²) < 4.78 is 5.34. The average molecular weight is 427 g/mol. The number of rotatable bonds is 6. The molecule has 2 N–H and O–H groups in total. The van der Waals surface area contributed by atoms with Gasteiger partial charge in [0, 0.05) is 43.6 Å². The first kappa shape index (κ1) is 19.8. The van der Waals surface area contributed by atoms with E-state index >= 15 is 0 Å². The van der Waals surface area contributed by atoms with Gasteiger partial charge in [0.2, 0.25) is 0 Å². The number of nitrogens with one attached hydrogen (secondary N) is 2. The molecule has 0 spiro atoms. The highest BCUT2D eigenvalue weighted by Crippen LogP contribution is 2.37. The molecule has 0 bridgehead atoms. The van der Waals surface area contributed by atoms with E-state index < -0.39 is 0 Å². The number of aromatic amines is 1. The molecule has 2 aromatic rings. The van der Waals surface area contributed by atoms with E-state index in [-0.39, 0.29) is 5.66 Å². The first-order chi connectivity index (χ1) is 14.7. The van der Waals surface area contributed by atoms with Crippen LogP contribution in [-0.4, -0.2) is 70.8 Å². The summed E-state index contributed by atoms with van der Waals surface area (Å²) in [5.41, 5.74) is 3.09. The zero-order chi connectivity index (χ0) is 20.6. The predicted molar refractivity (Wildman–Crippen MR) is 122 cm³/mol. The van der Waals surface area contributed by atoms with E-state index in [1.165, 1.54) is 31.3 Å². The molecular weight excluding hydrogens is 396 g/mol. The topological polar surface area (TPSA) is 68.8 Å². The molecule has 0 saturated carbocycles. The van der Waals surface area contributed by atoms with Gasteiger partial charge < -0.3 is 19.9 Å².